The van der Waals surface area contributed by atoms with Crippen molar-refractivity contribution in [1.82, 2.24) is 4.90 Å². The zero-order chi connectivity index (χ0) is 14.4. The fourth-order valence-corrected chi connectivity index (χ4v) is 2.06. The van der Waals surface area contributed by atoms with Gasteiger partial charge in [-0.3, -0.25) is 9.69 Å². The van der Waals surface area contributed by atoms with Crippen LogP contribution in [-0.4, -0.2) is 30.3 Å². The first kappa shape index (κ1) is 15.4. The Morgan fingerprint density at radius 3 is 2.68 bits per heavy atom. The molecule has 0 bridgehead atoms. The van der Waals surface area contributed by atoms with Crippen LogP contribution in [0.1, 0.15) is 35.3 Å². The molecule has 0 radical (unpaired) electrons. The Balaban J connectivity index is 2.77. The Labute approximate surface area is 115 Å². The van der Waals surface area contributed by atoms with Crippen LogP contribution in [-0.2, 0) is 0 Å². The second-order valence-electron chi connectivity index (χ2n) is 5.10. The Kier molecular flexibility index (Phi) is 5.72. The van der Waals surface area contributed by atoms with E-state index in [0.717, 1.165) is 23.2 Å². The second kappa shape index (κ2) is 7.06. The molecule has 1 aromatic rings. The first-order valence-electron chi connectivity index (χ1n) is 6.70. The number of carbonyl (C=O) groups excluding carboxylic acids is 1. The van der Waals surface area contributed by atoms with Crippen LogP contribution in [0, 0.1) is 31.1 Å². The van der Waals surface area contributed by atoms with Crippen molar-refractivity contribution in [1.29, 1.82) is 5.26 Å². The molecule has 0 saturated carbocycles. The van der Waals surface area contributed by atoms with Crippen molar-refractivity contribution >= 4 is 5.78 Å². The van der Waals surface area contributed by atoms with Crippen LogP contribution in [0.5, 0.6) is 0 Å². The highest BCUT2D eigenvalue weighted by molar-refractivity contribution is 5.99. The van der Waals surface area contributed by atoms with Crippen LogP contribution in [0.25, 0.3) is 0 Å². The van der Waals surface area contributed by atoms with Crippen LogP contribution in [0.4, 0.5) is 0 Å². The lowest BCUT2D eigenvalue weighted by Gasteiger charge is -2.21. The van der Waals surface area contributed by atoms with E-state index in [2.05, 4.69) is 6.07 Å². The Morgan fingerprint density at radius 2 is 2.11 bits per heavy atom. The molecule has 0 amide bonds. The summed E-state index contributed by atoms with van der Waals surface area (Å²) in [6, 6.07) is 8.15. The smallest absolute Gasteiger partial charge is 0.177 e. The van der Waals surface area contributed by atoms with Gasteiger partial charge >= 0.3 is 0 Å². The van der Waals surface area contributed by atoms with Gasteiger partial charge in [-0.25, -0.2) is 0 Å². The molecule has 1 rings (SSSR count). The van der Waals surface area contributed by atoms with Crippen LogP contribution in [0.2, 0.25) is 0 Å². The summed E-state index contributed by atoms with van der Waals surface area (Å²) < 4.78 is 0. The van der Waals surface area contributed by atoms with E-state index in [4.69, 9.17) is 5.26 Å². The highest BCUT2D eigenvalue weighted by atomic mass is 16.1. The van der Waals surface area contributed by atoms with Crippen molar-refractivity contribution in [3.8, 4) is 6.07 Å². The number of hydrogen-bond donors (Lipinski definition) is 0. The molecule has 0 aliphatic heterocycles. The molecule has 0 N–H and O–H groups in total. The normalized spacial score (nSPS) is 12.2. The summed E-state index contributed by atoms with van der Waals surface area (Å²) in [4.78, 5) is 14.4. The SMILES string of the molecule is CCN(CC(=O)c1cc(C)ccc1C)CC(C)C#N. The molecule has 3 nitrogen and oxygen atoms in total. The third-order valence-electron chi connectivity index (χ3n) is 3.26. The molecule has 102 valence electrons. The molecule has 19 heavy (non-hydrogen) atoms. The molecule has 0 aliphatic rings. The monoisotopic (exact) mass is 258 g/mol. The summed E-state index contributed by atoms with van der Waals surface area (Å²) in [5, 5.41) is 8.85. The molecule has 0 spiro atoms. The van der Waals surface area contributed by atoms with E-state index in [1.54, 1.807) is 0 Å². The van der Waals surface area contributed by atoms with E-state index in [1.165, 1.54) is 0 Å². The number of rotatable bonds is 6. The van der Waals surface area contributed by atoms with Gasteiger partial charge in [0.1, 0.15) is 0 Å². The minimum absolute atomic E-state index is 0.0497. The fourth-order valence-electron chi connectivity index (χ4n) is 2.06. The van der Waals surface area contributed by atoms with Gasteiger partial charge in [-0.15, -0.1) is 0 Å². The number of hydrogen-bond acceptors (Lipinski definition) is 3. The number of aryl methyl sites for hydroxylation is 2. The minimum Gasteiger partial charge on any atom is -0.295 e. The number of ketones is 1. The Morgan fingerprint density at radius 1 is 1.42 bits per heavy atom. The maximum Gasteiger partial charge on any atom is 0.177 e. The van der Waals surface area contributed by atoms with E-state index < -0.39 is 0 Å². The highest BCUT2D eigenvalue weighted by Crippen LogP contribution is 2.12. The summed E-state index contributed by atoms with van der Waals surface area (Å²) >= 11 is 0. The molecule has 0 aliphatic carbocycles. The second-order valence-corrected chi connectivity index (χ2v) is 5.10. The van der Waals surface area contributed by atoms with E-state index in [9.17, 15) is 4.79 Å². The molecule has 1 atom stereocenters. The first-order chi connectivity index (χ1) is 8.97. The average Bonchev–Trinajstić information content (AvgIpc) is 2.40. The van der Waals surface area contributed by atoms with Gasteiger partial charge in [0.15, 0.2) is 5.78 Å². The maximum absolute atomic E-state index is 12.3. The summed E-state index contributed by atoms with van der Waals surface area (Å²) in [5.41, 5.74) is 2.91. The zero-order valence-corrected chi connectivity index (χ0v) is 12.2. The topological polar surface area (TPSA) is 44.1 Å². The number of benzene rings is 1. The molecule has 1 aromatic carbocycles. The lowest BCUT2D eigenvalue weighted by atomic mass is 10.0. The molecular weight excluding hydrogens is 236 g/mol. The van der Waals surface area contributed by atoms with Gasteiger partial charge in [-0.05, 0) is 38.9 Å². The van der Waals surface area contributed by atoms with Gasteiger partial charge in [-0.2, -0.15) is 5.26 Å². The summed E-state index contributed by atoms with van der Waals surface area (Å²) in [6.07, 6.45) is 0. The Hall–Kier alpha value is -1.66. The standard InChI is InChI=1S/C16H22N2O/c1-5-18(10-13(3)9-17)11-16(19)15-8-12(2)6-7-14(15)4/h6-8,13H,5,10-11H2,1-4H3. The average molecular weight is 258 g/mol. The number of likely N-dealkylation sites (N-methyl/N-ethyl adjacent to an activating group) is 1. The van der Waals surface area contributed by atoms with Gasteiger partial charge in [0.25, 0.3) is 0 Å². The van der Waals surface area contributed by atoms with Crippen LogP contribution in [0.15, 0.2) is 18.2 Å². The molecule has 0 aromatic heterocycles. The predicted octanol–water partition coefficient (Wildman–Crippen LogP) is 2.97. The predicted molar refractivity (Wildman–Crippen MR) is 77.1 cm³/mol. The van der Waals surface area contributed by atoms with Crippen molar-refractivity contribution in [2.45, 2.75) is 27.7 Å². The van der Waals surface area contributed by atoms with Crippen molar-refractivity contribution in [3.63, 3.8) is 0 Å². The molecule has 3 heteroatoms. The van der Waals surface area contributed by atoms with Crippen LogP contribution >= 0.6 is 0 Å². The van der Waals surface area contributed by atoms with Crippen LogP contribution in [0.3, 0.4) is 0 Å². The fraction of sp³-hybridized carbons (Fsp3) is 0.500. The van der Waals surface area contributed by atoms with Gasteiger partial charge < -0.3 is 0 Å². The minimum atomic E-state index is -0.0497. The maximum atomic E-state index is 12.3. The molecular formula is C16H22N2O. The lowest BCUT2D eigenvalue weighted by molar-refractivity contribution is 0.0928. The quantitative estimate of drug-likeness (QED) is 0.737. The van der Waals surface area contributed by atoms with E-state index in [-0.39, 0.29) is 11.7 Å². The summed E-state index contributed by atoms with van der Waals surface area (Å²) in [6.45, 7) is 9.65. The van der Waals surface area contributed by atoms with Crippen molar-refractivity contribution in [2.75, 3.05) is 19.6 Å². The molecule has 0 fully saturated rings. The number of nitriles is 1. The van der Waals surface area contributed by atoms with Crippen molar-refractivity contribution < 1.29 is 4.79 Å². The van der Waals surface area contributed by atoms with Crippen LogP contribution < -0.4 is 0 Å². The van der Waals surface area contributed by atoms with Crippen molar-refractivity contribution in [3.05, 3.63) is 34.9 Å². The third-order valence-corrected chi connectivity index (χ3v) is 3.26. The van der Waals surface area contributed by atoms with E-state index >= 15 is 0 Å². The van der Waals surface area contributed by atoms with E-state index in [1.807, 2.05) is 50.8 Å². The first-order valence-corrected chi connectivity index (χ1v) is 6.70. The highest BCUT2D eigenvalue weighted by Gasteiger charge is 2.15. The zero-order valence-electron chi connectivity index (χ0n) is 12.2. The summed E-state index contributed by atoms with van der Waals surface area (Å²) in [5.74, 6) is 0.0829. The number of nitrogens with zero attached hydrogens (tertiary/aromatic N) is 2. The van der Waals surface area contributed by atoms with E-state index in [0.29, 0.717) is 13.1 Å². The van der Waals surface area contributed by atoms with Gasteiger partial charge in [-0.1, -0.05) is 24.6 Å². The largest absolute Gasteiger partial charge is 0.295 e. The van der Waals surface area contributed by atoms with Crippen molar-refractivity contribution in [2.24, 2.45) is 5.92 Å². The lowest BCUT2D eigenvalue weighted by Crippen LogP contribution is -2.33. The number of carbonyl (C=O) groups is 1. The third kappa shape index (κ3) is 4.50. The molecule has 0 saturated heterocycles. The molecule has 1 unspecified atom stereocenters. The van der Waals surface area contributed by atoms with Gasteiger partial charge in [0.2, 0.25) is 0 Å². The Bertz CT molecular complexity index is 488. The number of Topliss-reactive ketones (excluding diaryl/α,β-unsaturated/α-hetero) is 1. The summed E-state index contributed by atoms with van der Waals surface area (Å²) in [7, 11) is 0. The van der Waals surface area contributed by atoms with Gasteiger partial charge in [0.05, 0.1) is 18.5 Å². The van der Waals surface area contributed by atoms with Gasteiger partial charge in [0, 0.05) is 12.1 Å². The molecule has 0 heterocycles.